The highest BCUT2D eigenvalue weighted by Crippen LogP contribution is 2.38. The number of carbonyl (C=O) groups is 3. The summed E-state index contributed by atoms with van der Waals surface area (Å²) in [5.74, 6) is -2.78. The molecule has 0 bridgehead atoms. The molecule has 1 aliphatic carbocycles. The van der Waals surface area contributed by atoms with Gasteiger partial charge in [-0.3, -0.25) is 14.4 Å². The van der Waals surface area contributed by atoms with Gasteiger partial charge in [-0.05, 0) is 67.6 Å². The molecule has 0 fully saturated rings. The minimum Gasteiger partial charge on any atom is -0.481 e. The number of thioether (sulfide) groups is 1. The predicted molar refractivity (Wildman–Crippen MR) is 148 cm³/mol. The third-order valence-corrected chi connectivity index (χ3v) is 7.68. The van der Waals surface area contributed by atoms with Crippen molar-refractivity contribution in [2.45, 2.75) is 36.8 Å². The van der Waals surface area contributed by atoms with Crippen molar-refractivity contribution >= 4 is 40.9 Å². The van der Waals surface area contributed by atoms with Crippen LogP contribution in [0.5, 0.6) is 0 Å². The lowest BCUT2D eigenvalue weighted by molar-refractivity contribution is -0.146. The van der Waals surface area contributed by atoms with E-state index < -0.39 is 23.1 Å². The number of carboxylic acid groups (broad SMARTS) is 1. The van der Waals surface area contributed by atoms with E-state index in [0.29, 0.717) is 18.5 Å². The van der Waals surface area contributed by atoms with E-state index in [9.17, 15) is 19.5 Å². The second-order valence-corrected chi connectivity index (χ2v) is 10.4. The van der Waals surface area contributed by atoms with Crippen molar-refractivity contribution in [3.05, 3.63) is 102 Å². The van der Waals surface area contributed by atoms with E-state index in [-0.39, 0.29) is 11.8 Å². The lowest BCUT2D eigenvalue weighted by atomic mass is 9.82. The summed E-state index contributed by atoms with van der Waals surface area (Å²) < 4.78 is 0. The van der Waals surface area contributed by atoms with Crippen LogP contribution in [0.2, 0.25) is 0 Å². The van der Waals surface area contributed by atoms with E-state index in [0.717, 1.165) is 27.3 Å². The molecule has 190 valence electrons. The summed E-state index contributed by atoms with van der Waals surface area (Å²) in [4.78, 5) is 38.8. The number of aryl methyl sites for hydroxylation is 2. The maximum Gasteiger partial charge on any atom is 0.307 e. The maximum atomic E-state index is 13.5. The van der Waals surface area contributed by atoms with Crippen molar-refractivity contribution in [3.8, 4) is 0 Å². The van der Waals surface area contributed by atoms with Gasteiger partial charge in [0.15, 0.2) is 0 Å². The summed E-state index contributed by atoms with van der Waals surface area (Å²) in [5.41, 5.74) is 4.25. The molecule has 3 unspecified atom stereocenters. The highest BCUT2D eigenvalue weighted by atomic mass is 32.2. The van der Waals surface area contributed by atoms with E-state index in [4.69, 9.17) is 0 Å². The molecule has 0 heterocycles. The molecule has 3 aromatic rings. The zero-order valence-corrected chi connectivity index (χ0v) is 21.6. The molecule has 3 aromatic carbocycles. The Bertz CT molecular complexity index is 1320. The van der Waals surface area contributed by atoms with Crippen LogP contribution in [0.4, 0.5) is 11.4 Å². The van der Waals surface area contributed by atoms with E-state index in [1.807, 2.05) is 92.7 Å². The molecule has 1 aliphatic rings. The Morgan fingerprint density at radius 1 is 0.865 bits per heavy atom. The fourth-order valence-corrected chi connectivity index (χ4v) is 5.45. The summed E-state index contributed by atoms with van der Waals surface area (Å²) in [6.45, 7) is 3.95. The van der Waals surface area contributed by atoms with Gasteiger partial charge in [-0.1, -0.05) is 60.7 Å². The Morgan fingerprint density at radius 3 is 2.32 bits per heavy atom. The molecule has 0 radical (unpaired) electrons. The Labute approximate surface area is 221 Å². The number of anilines is 2. The second kappa shape index (κ2) is 11.9. The lowest BCUT2D eigenvalue weighted by Crippen LogP contribution is -2.34. The fraction of sp³-hybridized carbons (Fsp3) is 0.233. The zero-order chi connectivity index (χ0) is 26.4. The fourth-order valence-electron chi connectivity index (χ4n) is 4.36. The van der Waals surface area contributed by atoms with Crippen molar-refractivity contribution in [2.24, 2.45) is 11.8 Å². The van der Waals surface area contributed by atoms with Crippen molar-refractivity contribution in [2.75, 3.05) is 10.6 Å². The smallest absolute Gasteiger partial charge is 0.307 e. The van der Waals surface area contributed by atoms with Gasteiger partial charge in [0.2, 0.25) is 11.8 Å². The van der Waals surface area contributed by atoms with Crippen molar-refractivity contribution in [1.29, 1.82) is 0 Å². The molecule has 4 rings (SSSR count). The monoisotopic (exact) mass is 514 g/mol. The van der Waals surface area contributed by atoms with Gasteiger partial charge < -0.3 is 15.7 Å². The number of hydrogen-bond donors (Lipinski definition) is 3. The van der Waals surface area contributed by atoms with Gasteiger partial charge in [-0.25, -0.2) is 0 Å². The van der Waals surface area contributed by atoms with Crippen LogP contribution in [-0.4, -0.2) is 22.9 Å². The summed E-state index contributed by atoms with van der Waals surface area (Å²) in [7, 11) is 0. The molecule has 6 nitrogen and oxygen atoms in total. The third kappa shape index (κ3) is 6.68. The molecule has 0 spiro atoms. The van der Waals surface area contributed by atoms with Crippen LogP contribution in [0.3, 0.4) is 0 Å². The molecule has 2 amide bonds. The molecule has 0 aliphatic heterocycles. The average Bonchev–Trinajstić information content (AvgIpc) is 2.90. The zero-order valence-electron chi connectivity index (χ0n) is 20.8. The first kappa shape index (κ1) is 26.2. The Balaban J connectivity index is 1.54. The normalized spacial score (nSPS) is 17.6. The molecule has 37 heavy (non-hydrogen) atoms. The summed E-state index contributed by atoms with van der Waals surface area (Å²) in [6.07, 6.45) is 4.41. The van der Waals surface area contributed by atoms with Gasteiger partial charge in [0.1, 0.15) is 5.25 Å². The number of hydrogen-bond acceptors (Lipinski definition) is 4. The molecule has 3 atom stereocenters. The number of carboxylic acids is 1. The number of amides is 2. The van der Waals surface area contributed by atoms with E-state index >= 15 is 0 Å². The van der Waals surface area contributed by atoms with E-state index in [1.54, 1.807) is 6.07 Å². The van der Waals surface area contributed by atoms with Crippen molar-refractivity contribution in [1.82, 2.24) is 0 Å². The highest BCUT2D eigenvalue weighted by molar-refractivity contribution is 8.00. The van der Waals surface area contributed by atoms with Gasteiger partial charge in [-0.2, -0.15) is 0 Å². The number of benzene rings is 3. The molecule has 7 heteroatoms. The first-order valence-electron chi connectivity index (χ1n) is 12.2. The van der Waals surface area contributed by atoms with Crippen molar-refractivity contribution in [3.63, 3.8) is 0 Å². The quantitative estimate of drug-likeness (QED) is 0.239. The number of nitrogens with one attached hydrogen (secondary N) is 2. The largest absolute Gasteiger partial charge is 0.481 e. The number of rotatable bonds is 8. The molecule has 3 N–H and O–H groups in total. The molecular weight excluding hydrogens is 484 g/mol. The molecule has 0 aromatic heterocycles. The van der Waals surface area contributed by atoms with E-state index in [1.165, 1.54) is 11.8 Å². The lowest BCUT2D eigenvalue weighted by Gasteiger charge is -2.24. The van der Waals surface area contributed by atoms with Gasteiger partial charge in [0, 0.05) is 16.3 Å². The number of allylic oxidation sites excluding steroid dienone is 2. The molecular formula is C30H30N2O4S. The van der Waals surface area contributed by atoms with Crippen LogP contribution in [0.15, 0.2) is 89.8 Å². The third-order valence-electron chi connectivity index (χ3n) is 6.43. The molecule has 0 saturated carbocycles. The highest BCUT2D eigenvalue weighted by Gasteiger charge is 2.34. The van der Waals surface area contributed by atoms with Crippen LogP contribution >= 0.6 is 11.8 Å². The minimum atomic E-state index is -0.964. The average molecular weight is 515 g/mol. The summed E-state index contributed by atoms with van der Waals surface area (Å²) in [5, 5.41) is 15.0. The minimum absolute atomic E-state index is 0.141. The van der Waals surface area contributed by atoms with Crippen molar-refractivity contribution < 1.29 is 19.5 Å². The maximum absolute atomic E-state index is 13.5. The number of aliphatic carboxylic acids is 1. The van der Waals surface area contributed by atoms with Crippen LogP contribution in [0.1, 0.15) is 34.8 Å². The van der Waals surface area contributed by atoms with Crippen LogP contribution < -0.4 is 10.6 Å². The topological polar surface area (TPSA) is 95.5 Å². The van der Waals surface area contributed by atoms with Gasteiger partial charge >= 0.3 is 5.97 Å². The Hall–Kier alpha value is -3.84. The van der Waals surface area contributed by atoms with E-state index in [2.05, 4.69) is 10.6 Å². The number of carbonyl (C=O) groups excluding carboxylic acids is 2. The molecule has 0 saturated heterocycles. The van der Waals surface area contributed by atoms with Gasteiger partial charge in [0.05, 0.1) is 11.8 Å². The first-order chi connectivity index (χ1) is 17.8. The van der Waals surface area contributed by atoms with Crippen LogP contribution in [0, 0.1) is 25.7 Å². The second-order valence-electron chi connectivity index (χ2n) is 9.23. The summed E-state index contributed by atoms with van der Waals surface area (Å²) in [6, 6.07) is 22.8. The standard InChI is InChI=1S/C30H30N2O4S/c1-19-15-16-20(2)26(17-19)32-29(34)27(21-9-4-3-5-10-21)37-23-12-8-11-22(18-23)31-28(33)24-13-6-7-14-25(24)30(35)36/h3-12,15-18,24-25,27H,13-14H2,1-2H3,(H,31,33)(H,32,34)(H,35,36). The van der Waals surface area contributed by atoms with Gasteiger partial charge in [-0.15, -0.1) is 11.8 Å². The van der Waals surface area contributed by atoms with Crippen LogP contribution in [0.25, 0.3) is 0 Å². The predicted octanol–water partition coefficient (Wildman–Crippen LogP) is 6.38. The SMILES string of the molecule is Cc1ccc(C)c(NC(=O)C(Sc2cccc(NC(=O)C3CC=CCC3C(=O)O)c2)c2ccccc2)c1. The first-order valence-corrected chi connectivity index (χ1v) is 13.1. The van der Waals surface area contributed by atoms with Crippen LogP contribution in [-0.2, 0) is 14.4 Å². The van der Waals surface area contributed by atoms with Gasteiger partial charge in [0.25, 0.3) is 0 Å². The summed E-state index contributed by atoms with van der Waals surface area (Å²) >= 11 is 1.39. The Morgan fingerprint density at radius 2 is 1.59 bits per heavy atom. The Kier molecular flexibility index (Phi) is 8.46.